The minimum absolute atomic E-state index is 0.382. The average molecular weight is 648 g/mol. The molecule has 6 heteroatoms. The molecule has 4 aromatic rings. The zero-order valence-corrected chi connectivity index (χ0v) is 28.1. The summed E-state index contributed by atoms with van der Waals surface area (Å²) in [5.74, 6) is 0. The molecular formula is C42H44F3N3. The predicted molar refractivity (Wildman–Crippen MR) is 194 cm³/mol. The van der Waals surface area contributed by atoms with E-state index in [1.54, 1.807) is 0 Å². The number of hydrogen-bond donors (Lipinski definition) is 2. The smallest absolute Gasteiger partial charge is 0.379 e. The Labute approximate surface area is 283 Å². The lowest BCUT2D eigenvalue weighted by atomic mass is 9.71. The fourth-order valence-electron chi connectivity index (χ4n) is 6.95. The molecule has 0 unspecified atom stereocenters. The lowest BCUT2D eigenvalue weighted by molar-refractivity contribution is -0.123. The molecule has 0 atom stereocenters. The highest BCUT2D eigenvalue weighted by molar-refractivity contribution is 5.83. The number of alkyl halides is 3. The van der Waals surface area contributed by atoms with Crippen molar-refractivity contribution in [3.05, 3.63) is 161 Å². The quantitative estimate of drug-likeness (QED) is 0.106. The third-order valence-corrected chi connectivity index (χ3v) is 9.27. The van der Waals surface area contributed by atoms with E-state index in [1.165, 1.54) is 11.1 Å². The van der Waals surface area contributed by atoms with E-state index < -0.39 is 18.1 Å². The van der Waals surface area contributed by atoms with E-state index >= 15 is 0 Å². The fourth-order valence-corrected chi connectivity index (χ4v) is 6.95. The molecule has 0 spiro atoms. The molecule has 0 saturated heterocycles. The van der Waals surface area contributed by atoms with Crippen LogP contribution in [0, 0.1) is 6.92 Å². The van der Waals surface area contributed by atoms with Gasteiger partial charge in [-0.3, -0.25) is 4.98 Å². The van der Waals surface area contributed by atoms with Crippen LogP contribution in [-0.2, 0) is 18.3 Å². The third-order valence-electron chi connectivity index (χ3n) is 9.27. The van der Waals surface area contributed by atoms with Gasteiger partial charge < -0.3 is 10.6 Å². The maximum absolute atomic E-state index is 13.3. The Kier molecular flexibility index (Phi) is 10.7. The molecule has 1 aliphatic carbocycles. The SMILES string of the molecule is C=C(Nc1cnc(CCCCC2(C(=C)NCC(F)(F)F)c3ccccc3-c3ccccc32)c(C)c1)c1ccccc1CC(/C=C\C)=C/C. The van der Waals surface area contributed by atoms with Crippen LogP contribution in [0.15, 0.2) is 128 Å². The summed E-state index contributed by atoms with van der Waals surface area (Å²) in [7, 11) is 0. The fraction of sp³-hybridized carbons (Fsp3) is 0.262. The molecule has 0 amide bonds. The molecule has 3 aromatic carbocycles. The number of nitrogens with one attached hydrogen (secondary N) is 2. The molecule has 248 valence electrons. The van der Waals surface area contributed by atoms with E-state index in [2.05, 4.69) is 80.1 Å². The summed E-state index contributed by atoms with van der Waals surface area (Å²) < 4.78 is 39.9. The maximum Gasteiger partial charge on any atom is 0.405 e. The standard InChI is InChI=1S/C42H44F3N3/c1-6-16-32(7-2)26-33-17-8-9-18-35(33)30(4)48-34-25-29(3)40(46-27-34)23-14-15-24-41(31(5)47-28-42(43,44)45)38-21-12-10-19-36(38)37-20-11-13-22-39(37)41/h6-13,16-22,25,27,47-48H,4-5,14-15,23-24,26,28H2,1-3H3/b16-6-,32-7+. The first kappa shape index (κ1) is 34.5. The van der Waals surface area contributed by atoms with Gasteiger partial charge in [0, 0.05) is 22.7 Å². The van der Waals surface area contributed by atoms with Crippen molar-refractivity contribution >= 4 is 11.4 Å². The number of halogens is 3. The summed E-state index contributed by atoms with van der Waals surface area (Å²) in [5, 5.41) is 6.12. The molecule has 0 fully saturated rings. The van der Waals surface area contributed by atoms with E-state index in [0.717, 1.165) is 76.1 Å². The molecule has 48 heavy (non-hydrogen) atoms. The number of pyridine rings is 1. The number of rotatable bonds is 14. The lowest BCUT2D eigenvalue weighted by Gasteiger charge is -2.35. The van der Waals surface area contributed by atoms with Crippen molar-refractivity contribution in [3.63, 3.8) is 0 Å². The third kappa shape index (κ3) is 7.49. The average Bonchev–Trinajstić information content (AvgIpc) is 3.36. The lowest BCUT2D eigenvalue weighted by Crippen LogP contribution is -2.39. The van der Waals surface area contributed by atoms with Crippen molar-refractivity contribution in [2.24, 2.45) is 0 Å². The van der Waals surface area contributed by atoms with Crippen molar-refractivity contribution in [2.45, 2.75) is 64.5 Å². The molecule has 1 aromatic heterocycles. The molecule has 0 radical (unpaired) electrons. The van der Waals surface area contributed by atoms with Crippen molar-refractivity contribution in [1.82, 2.24) is 10.3 Å². The van der Waals surface area contributed by atoms with Gasteiger partial charge in [-0.15, -0.1) is 0 Å². The molecular weight excluding hydrogens is 603 g/mol. The highest BCUT2D eigenvalue weighted by atomic mass is 19.4. The normalized spacial score (nSPS) is 13.7. The highest BCUT2D eigenvalue weighted by Gasteiger charge is 2.45. The van der Waals surface area contributed by atoms with Gasteiger partial charge in [-0.2, -0.15) is 13.2 Å². The van der Waals surface area contributed by atoms with Crippen LogP contribution in [0.1, 0.15) is 66.6 Å². The van der Waals surface area contributed by atoms with E-state index in [4.69, 9.17) is 4.98 Å². The van der Waals surface area contributed by atoms with Crippen molar-refractivity contribution < 1.29 is 13.2 Å². The van der Waals surface area contributed by atoms with Crippen LogP contribution in [0.3, 0.4) is 0 Å². The van der Waals surface area contributed by atoms with E-state index in [1.807, 2.05) is 67.7 Å². The summed E-state index contributed by atoms with van der Waals surface area (Å²) in [4.78, 5) is 4.81. The molecule has 1 aliphatic rings. The topological polar surface area (TPSA) is 37.0 Å². The molecule has 0 bridgehead atoms. The number of hydrogen-bond acceptors (Lipinski definition) is 3. The van der Waals surface area contributed by atoms with Gasteiger partial charge in [0.1, 0.15) is 6.54 Å². The number of nitrogens with zero attached hydrogens (tertiary/aromatic N) is 1. The van der Waals surface area contributed by atoms with Gasteiger partial charge in [0.05, 0.1) is 17.3 Å². The molecule has 3 nitrogen and oxygen atoms in total. The van der Waals surface area contributed by atoms with Crippen LogP contribution in [-0.4, -0.2) is 17.7 Å². The Morgan fingerprint density at radius 2 is 1.54 bits per heavy atom. The summed E-state index contributed by atoms with van der Waals surface area (Å²) in [6.45, 7) is 13.6. The van der Waals surface area contributed by atoms with Crippen LogP contribution in [0.5, 0.6) is 0 Å². The number of aromatic nitrogens is 1. The Morgan fingerprint density at radius 1 is 0.896 bits per heavy atom. The maximum atomic E-state index is 13.3. The van der Waals surface area contributed by atoms with Crippen LogP contribution in [0.4, 0.5) is 18.9 Å². The molecule has 1 heterocycles. The van der Waals surface area contributed by atoms with Gasteiger partial charge in [0.25, 0.3) is 0 Å². The Bertz CT molecular complexity index is 1800. The van der Waals surface area contributed by atoms with E-state index in [9.17, 15) is 13.2 Å². The van der Waals surface area contributed by atoms with Gasteiger partial charge in [-0.1, -0.05) is 111 Å². The summed E-state index contributed by atoms with van der Waals surface area (Å²) in [6.07, 6.45) is 7.64. The number of unbranched alkanes of at least 4 members (excludes halogenated alkanes) is 1. The molecule has 5 rings (SSSR count). The number of benzene rings is 3. The number of aryl methyl sites for hydroxylation is 2. The number of anilines is 1. The number of allylic oxidation sites excluding steroid dienone is 5. The van der Waals surface area contributed by atoms with Crippen molar-refractivity contribution in [1.29, 1.82) is 0 Å². The van der Waals surface area contributed by atoms with E-state index in [-0.39, 0.29) is 0 Å². The Hall–Kier alpha value is -4.84. The van der Waals surface area contributed by atoms with Gasteiger partial charge in [0.15, 0.2) is 0 Å². The van der Waals surface area contributed by atoms with Crippen LogP contribution < -0.4 is 10.6 Å². The van der Waals surface area contributed by atoms with Crippen LogP contribution in [0.2, 0.25) is 0 Å². The Balaban J connectivity index is 1.28. The monoisotopic (exact) mass is 647 g/mol. The van der Waals surface area contributed by atoms with Gasteiger partial charge >= 0.3 is 6.18 Å². The first-order valence-electron chi connectivity index (χ1n) is 16.5. The summed E-state index contributed by atoms with van der Waals surface area (Å²) in [6, 6.07) is 26.4. The molecule has 0 aliphatic heterocycles. The Morgan fingerprint density at radius 3 is 2.17 bits per heavy atom. The second kappa shape index (κ2) is 14.9. The minimum atomic E-state index is -4.34. The van der Waals surface area contributed by atoms with E-state index in [0.29, 0.717) is 12.1 Å². The first-order valence-corrected chi connectivity index (χ1v) is 16.5. The predicted octanol–water partition coefficient (Wildman–Crippen LogP) is 10.9. The van der Waals surface area contributed by atoms with Gasteiger partial charge in [0.2, 0.25) is 0 Å². The number of fused-ring (bicyclic) bond motifs is 3. The van der Waals surface area contributed by atoms with Crippen molar-refractivity contribution in [3.8, 4) is 11.1 Å². The zero-order valence-electron chi connectivity index (χ0n) is 28.1. The second-order valence-corrected chi connectivity index (χ2v) is 12.4. The van der Waals surface area contributed by atoms with Crippen LogP contribution >= 0.6 is 0 Å². The molecule has 0 saturated carbocycles. The minimum Gasteiger partial charge on any atom is -0.379 e. The summed E-state index contributed by atoms with van der Waals surface area (Å²) >= 11 is 0. The molecule has 2 N–H and O–H groups in total. The summed E-state index contributed by atoms with van der Waals surface area (Å²) in [5.41, 5.74) is 11.0. The van der Waals surface area contributed by atoms with Gasteiger partial charge in [-0.05, 0) is 91.5 Å². The highest BCUT2D eigenvalue weighted by Crippen LogP contribution is 2.54. The van der Waals surface area contributed by atoms with Gasteiger partial charge in [-0.25, -0.2) is 0 Å². The zero-order chi connectivity index (χ0) is 34.3. The van der Waals surface area contributed by atoms with Crippen LogP contribution in [0.25, 0.3) is 16.8 Å². The first-order chi connectivity index (χ1) is 23.1. The van der Waals surface area contributed by atoms with Crippen molar-refractivity contribution in [2.75, 3.05) is 11.9 Å². The largest absolute Gasteiger partial charge is 0.405 e. The second-order valence-electron chi connectivity index (χ2n) is 12.4.